The highest BCUT2D eigenvalue weighted by molar-refractivity contribution is 4.99. The van der Waals surface area contributed by atoms with Crippen molar-refractivity contribution in [1.82, 2.24) is 10.6 Å². The zero-order chi connectivity index (χ0) is 12.1. The van der Waals surface area contributed by atoms with Crippen molar-refractivity contribution in [3.05, 3.63) is 0 Å². The van der Waals surface area contributed by atoms with Gasteiger partial charge in [0, 0.05) is 18.6 Å². The molecule has 1 aliphatic rings. The molecule has 96 valence electrons. The molecule has 0 spiro atoms. The third-order valence-corrected chi connectivity index (χ3v) is 3.14. The minimum atomic E-state index is -0.939. The summed E-state index contributed by atoms with van der Waals surface area (Å²) < 4.78 is 0. The largest absolute Gasteiger partial charge is 0.395 e. The highest BCUT2D eigenvalue weighted by Crippen LogP contribution is 2.13. The summed E-state index contributed by atoms with van der Waals surface area (Å²) in [7, 11) is 0. The van der Waals surface area contributed by atoms with Crippen LogP contribution in [0, 0.1) is 0 Å². The molecule has 1 aliphatic heterocycles. The summed E-state index contributed by atoms with van der Waals surface area (Å²) in [6.07, 6.45) is -1.03. The van der Waals surface area contributed by atoms with Crippen molar-refractivity contribution in [1.29, 1.82) is 0 Å². The Bertz CT molecular complexity index is 201. The molecule has 1 heterocycles. The molecule has 5 atom stereocenters. The van der Waals surface area contributed by atoms with E-state index in [1.54, 1.807) is 0 Å². The summed E-state index contributed by atoms with van der Waals surface area (Å²) in [5.41, 5.74) is 0. The topological polar surface area (TPSA) is 105 Å². The fourth-order valence-electron chi connectivity index (χ4n) is 1.92. The van der Waals surface area contributed by atoms with Gasteiger partial charge in [-0.1, -0.05) is 6.92 Å². The van der Waals surface area contributed by atoms with Gasteiger partial charge in [-0.25, -0.2) is 0 Å². The molecule has 0 aromatic rings. The Morgan fingerprint density at radius 1 is 1.19 bits per heavy atom. The summed E-state index contributed by atoms with van der Waals surface area (Å²) in [6.45, 7) is 2.25. The first kappa shape index (κ1) is 13.8. The maximum absolute atomic E-state index is 9.69. The molecule has 0 bridgehead atoms. The number of aliphatic hydroxyl groups is 4. The monoisotopic (exact) mass is 234 g/mol. The summed E-state index contributed by atoms with van der Waals surface area (Å²) in [6, 6.07) is -0.775. The predicted octanol–water partition coefficient (Wildman–Crippen LogP) is -2.60. The van der Waals surface area contributed by atoms with Gasteiger partial charge in [0.25, 0.3) is 0 Å². The van der Waals surface area contributed by atoms with Crippen LogP contribution in [0.15, 0.2) is 0 Å². The molecule has 6 N–H and O–H groups in total. The van der Waals surface area contributed by atoms with Crippen molar-refractivity contribution in [2.24, 2.45) is 0 Å². The second-order valence-corrected chi connectivity index (χ2v) is 4.24. The molecule has 1 saturated heterocycles. The van der Waals surface area contributed by atoms with Crippen molar-refractivity contribution in [3.8, 4) is 0 Å². The van der Waals surface area contributed by atoms with Crippen LogP contribution in [0.25, 0.3) is 0 Å². The number of hydrogen-bond acceptors (Lipinski definition) is 6. The first-order valence-corrected chi connectivity index (χ1v) is 5.71. The van der Waals surface area contributed by atoms with E-state index in [1.165, 1.54) is 0 Å². The van der Waals surface area contributed by atoms with Gasteiger partial charge in [0.15, 0.2) is 0 Å². The van der Waals surface area contributed by atoms with Crippen molar-refractivity contribution in [2.75, 3.05) is 19.8 Å². The van der Waals surface area contributed by atoms with E-state index in [-0.39, 0.29) is 25.3 Å². The second-order valence-electron chi connectivity index (χ2n) is 4.24. The van der Waals surface area contributed by atoms with E-state index in [0.29, 0.717) is 6.54 Å². The molecule has 6 heteroatoms. The van der Waals surface area contributed by atoms with Crippen LogP contribution in [-0.4, -0.2) is 70.5 Å². The predicted molar refractivity (Wildman–Crippen MR) is 59.0 cm³/mol. The SMILES string of the molecule is CCC(CO)NC[C@H]1N[C@@H](CO)[C@@H](O)[C@@H]1O. The summed E-state index contributed by atoms with van der Waals surface area (Å²) in [5, 5.41) is 43.2. The highest BCUT2D eigenvalue weighted by Gasteiger charge is 2.40. The quantitative estimate of drug-likeness (QED) is 0.301. The molecule has 16 heavy (non-hydrogen) atoms. The smallest absolute Gasteiger partial charge is 0.0989 e. The van der Waals surface area contributed by atoms with E-state index in [2.05, 4.69) is 10.6 Å². The van der Waals surface area contributed by atoms with Gasteiger partial charge < -0.3 is 31.1 Å². The Balaban J connectivity index is 2.38. The fourth-order valence-corrected chi connectivity index (χ4v) is 1.92. The van der Waals surface area contributed by atoms with E-state index in [9.17, 15) is 10.2 Å². The summed E-state index contributed by atoms with van der Waals surface area (Å²) in [4.78, 5) is 0. The standard InChI is InChI=1S/C10H22N2O4/c1-2-6(4-13)11-3-7-9(15)10(16)8(5-14)12-7/h6-16H,2-5H2,1H3/t6?,7-,8+,9-,10-/m1/s1. The van der Waals surface area contributed by atoms with E-state index >= 15 is 0 Å². The number of hydrogen-bond donors (Lipinski definition) is 6. The van der Waals surface area contributed by atoms with Gasteiger partial charge in [0.2, 0.25) is 0 Å². The minimum Gasteiger partial charge on any atom is -0.395 e. The molecule has 6 nitrogen and oxygen atoms in total. The van der Waals surface area contributed by atoms with Crippen LogP contribution in [0.3, 0.4) is 0 Å². The van der Waals surface area contributed by atoms with Crippen molar-refractivity contribution in [3.63, 3.8) is 0 Å². The molecule has 1 rings (SSSR count). The molecule has 0 amide bonds. The molecular weight excluding hydrogens is 212 g/mol. The van der Waals surface area contributed by atoms with Crippen LogP contribution < -0.4 is 10.6 Å². The third-order valence-electron chi connectivity index (χ3n) is 3.14. The normalized spacial score (nSPS) is 36.6. The molecule has 0 aromatic carbocycles. The van der Waals surface area contributed by atoms with Crippen LogP contribution in [0.2, 0.25) is 0 Å². The van der Waals surface area contributed by atoms with Crippen LogP contribution in [-0.2, 0) is 0 Å². The first-order valence-electron chi connectivity index (χ1n) is 5.71. The lowest BCUT2D eigenvalue weighted by Crippen LogP contribution is -2.46. The average Bonchev–Trinajstić information content (AvgIpc) is 2.58. The van der Waals surface area contributed by atoms with Crippen LogP contribution in [0.5, 0.6) is 0 Å². The lowest BCUT2D eigenvalue weighted by atomic mass is 10.1. The Morgan fingerprint density at radius 3 is 2.25 bits per heavy atom. The van der Waals surface area contributed by atoms with Gasteiger partial charge in [-0.05, 0) is 6.42 Å². The third kappa shape index (κ3) is 3.13. The molecule has 0 aromatic heterocycles. The Kier molecular flexibility index (Phi) is 5.60. The molecule has 0 aliphatic carbocycles. The molecular formula is C10H22N2O4. The van der Waals surface area contributed by atoms with E-state index in [4.69, 9.17) is 10.2 Å². The van der Waals surface area contributed by atoms with Gasteiger partial charge >= 0.3 is 0 Å². The zero-order valence-electron chi connectivity index (χ0n) is 9.50. The summed E-state index contributed by atoms with van der Waals surface area (Å²) in [5.74, 6) is 0. The van der Waals surface area contributed by atoms with E-state index in [1.807, 2.05) is 6.92 Å². The maximum Gasteiger partial charge on any atom is 0.0989 e. The first-order chi connectivity index (χ1) is 7.63. The second kappa shape index (κ2) is 6.48. The maximum atomic E-state index is 9.69. The average molecular weight is 234 g/mol. The Labute approximate surface area is 95.3 Å². The van der Waals surface area contributed by atoms with Crippen LogP contribution in [0.1, 0.15) is 13.3 Å². The number of rotatable bonds is 6. The van der Waals surface area contributed by atoms with Crippen molar-refractivity contribution in [2.45, 2.75) is 43.7 Å². The highest BCUT2D eigenvalue weighted by atomic mass is 16.3. The Hall–Kier alpha value is -0.240. The lowest BCUT2D eigenvalue weighted by Gasteiger charge is -2.20. The number of nitrogens with one attached hydrogen (secondary N) is 2. The zero-order valence-corrected chi connectivity index (χ0v) is 9.50. The van der Waals surface area contributed by atoms with Gasteiger partial charge in [-0.3, -0.25) is 0 Å². The van der Waals surface area contributed by atoms with Gasteiger partial charge in [-0.2, -0.15) is 0 Å². The Morgan fingerprint density at radius 2 is 1.81 bits per heavy atom. The number of aliphatic hydroxyl groups excluding tert-OH is 4. The minimum absolute atomic E-state index is 0.000630. The lowest BCUT2D eigenvalue weighted by molar-refractivity contribution is 0.0193. The molecule has 0 saturated carbocycles. The van der Waals surface area contributed by atoms with E-state index < -0.39 is 18.2 Å². The molecule has 0 radical (unpaired) electrons. The van der Waals surface area contributed by atoms with E-state index in [0.717, 1.165) is 6.42 Å². The van der Waals surface area contributed by atoms with Gasteiger partial charge in [-0.15, -0.1) is 0 Å². The van der Waals surface area contributed by atoms with Gasteiger partial charge in [0.05, 0.1) is 31.5 Å². The van der Waals surface area contributed by atoms with Crippen molar-refractivity contribution >= 4 is 0 Å². The van der Waals surface area contributed by atoms with Crippen LogP contribution >= 0.6 is 0 Å². The van der Waals surface area contributed by atoms with Gasteiger partial charge in [0.1, 0.15) is 0 Å². The fraction of sp³-hybridized carbons (Fsp3) is 1.00. The molecule has 1 unspecified atom stereocenters. The van der Waals surface area contributed by atoms with Crippen molar-refractivity contribution < 1.29 is 20.4 Å². The summed E-state index contributed by atoms with van der Waals surface area (Å²) >= 11 is 0. The molecule has 1 fully saturated rings. The van der Waals surface area contributed by atoms with Crippen LogP contribution in [0.4, 0.5) is 0 Å².